The van der Waals surface area contributed by atoms with Gasteiger partial charge in [0.25, 0.3) is 0 Å². The van der Waals surface area contributed by atoms with Crippen molar-refractivity contribution < 1.29 is 14.6 Å². The van der Waals surface area contributed by atoms with Crippen LogP contribution < -0.4 is 4.74 Å². The van der Waals surface area contributed by atoms with Crippen molar-refractivity contribution in [1.82, 2.24) is 0 Å². The lowest BCUT2D eigenvalue weighted by Gasteiger charge is -2.04. The molecule has 98 valence electrons. The number of rotatable bonds is 5. The molecular formula is C16H16O3. The van der Waals surface area contributed by atoms with Crippen molar-refractivity contribution in [2.75, 3.05) is 7.11 Å². The molecule has 3 heteroatoms. The largest absolute Gasteiger partial charge is 0.508 e. The second kappa shape index (κ2) is 6.05. The number of hydrogen-bond acceptors (Lipinski definition) is 3. The fourth-order valence-corrected chi connectivity index (χ4v) is 1.88. The van der Waals surface area contributed by atoms with Crippen LogP contribution in [0.3, 0.4) is 0 Å². The van der Waals surface area contributed by atoms with Crippen molar-refractivity contribution in [1.29, 1.82) is 0 Å². The van der Waals surface area contributed by atoms with Gasteiger partial charge >= 0.3 is 0 Å². The highest BCUT2D eigenvalue weighted by atomic mass is 16.5. The standard InChI is InChI=1S/C16H16O3/c1-19-16-8-4-13(5-9-16)11-15(18)10-12-2-6-14(17)7-3-12/h2-9,17H,10-11H2,1H3. The number of Topliss-reactive ketones (excluding diaryl/α,β-unsaturated/α-hetero) is 1. The molecule has 0 spiro atoms. The molecule has 0 unspecified atom stereocenters. The molecule has 0 radical (unpaired) electrons. The van der Waals surface area contributed by atoms with E-state index in [0.717, 1.165) is 16.9 Å². The summed E-state index contributed by atoms with van der Waals surface area (Å²) in [5, 5.41) is 9.18. The van der Waals surface area contributed by atoms with Crippen molar-refractivity contribution in [3.63, 3.8) is 0 Å². The first kappa shape index (κ1) is 13.1. The second-order valence-electron chi connectivity index (χ2n) is 4.41. The lowest BCUT2D eigenvalue weighted by molar-refractivity contribution is -0.117. The Kier molecular flexibility index (Phi) is 4.18. The normalized spacial score (nSPS) is 10.2. The smallest absolute Gasteiger partial charge is 0.141 e. The average Bonchev–Trinajstić information content (AvgIpc) is 2.42. The highest BCUT2D eigenvalue weighted by molar-refractivity contribution is 5.83. The molecule has 19 heavy (non-hydrogen) atoms. The Labute approximate surface area is 112 Å². The van der Waals surface area contributed by atoms with Crippen LogP contribution in [0, 0.1) is 0 Å². The summed E-state index contributed by atoms with van der Waals surface area (Å²) in [4.78, 5) is 11.9. The van der Waals surface area contributed by atoms with Crippen molar-refractivity contribution in [3.8, 4) is 11.5 Å². The molecule has 0 bridgehead atoms. The van der Waals surface area contributed by atoms with Crippen LogP contribution in [0.15, 0.2) is 48.5 Å². The zero-order valence-corrected chi connectivity index (χ0v) is 10.8. The molecule has 0 fully saturated rings. The van der Waals surface area contributed by atoms with Gasteiger partial charge in [-0.05, 0) is 35.4 Å². The van der Waals surface area contributed by atoms with Gasteiger partial charge < -0.3 is 9.84 Å². The fourth-order valence-electron chi connectivity index (χ4n) is 1.88. The van der Waals surface area contributed by atoms with Crippen molar-refractivity contribution in [2.45, 2.75) is 12.8 Å². The zero-order valence-electron chi connectivity index (χ0n) is 10.8. The van der Waals surface area contributed by atoms with E-state index in [9.17, 15) is 9.90 Å². The van der Waals surface area contributed by atoms with E-state index in [1.165, 1.54) is 0 Å². The van der Waals surface area contributed by atoms with E-state index in [1.54, 1.807) is 31.4 Å². The number of hydrogen-bond donors (Lipinski definition) is 1. The topological polar surface area (TPSA) is 46.5 Å². The number of ether oxygens (including phenoxy) is 1. The summed E-state index contributed by atoms with van der Waals surface area (Å²) in [5.74, 6) is 1.15. The molecule has 0 heterocycles. The Morgan fingerprint density at radius 1 is 0.947 bits per heavy atom. The highest BCUT2D eigenvalue weighted by Gasteiger charge is 2.05. The van der Waals surface area contributed by atoms with Gasteiger partial charge in [0.2, 0.25) is 0 Å². The summed E-state index contributed by atoms with van der Waals surface area (Å²) in [5.41, 5.74) is 1.89. The van der Waals surface area contributed by atoms with Gasteiger partial charge in [0.15, 0.2) is 0 Å². The molecule has 2 rings (SSSR count). The highest BCUT2D eigenvalue weighted by Crippen LogP contribution is 2.14. The summed E-state index contributed by atoms with van der Waals surface area (Å²) in [6.07, 6.45) is 0.789. The van der Waals surface area contributed by atoms with Crippen LogP contribution in [-0.4, -0.2) is 18.0 Å². The number of benzene rings is 2. The van der Waals surface area contributed by atoms with Crippen molar-refractivity contribution in [2.24, 2.45) is 0 Å². The van der Waals surface area contributed by atoms with Gasteiger partial charge in [-0.2, -0.15) is 0 Å². The first-order chi connectivity index (χ1) is 9.17. The van der Waals surface area contributed by atoms with Crippen LogP contribution in [0.1, 0.15) is 11.1 Å². The van der Waals surface area contributed by atoms with Crippen LogP contribution in [0.4, 0.5) is 0 Å². The maximum atomic E-state index is 11.9. The van der Waals surface area contributed by atoms with E-state index in [4.69, 9.17) is 4.74 Å². The van der Waals surface area contributed by atoms with E-state index in [2.05, 4.69) is 0 Å². The number of carbonyl (C=O) groups excluding carboxylic acids is 1. The number of methoxy groups -OCH3 is 1. The van der Waals surface area contributed by atoms with Crippen molar-refractivity contribution in [3.05, 3.63) is 59.7 Å². The van der Waals surface area contributed by atoms with Crippen LogP contribution >= 0.6 is 0 Å². The van der Waals surface area contributed by atoms with Crippen LogP contribution in [0.2, 0.25) is 0 Å². The minimum Gasteiger partial charge on any atom is -0.508 e. The molecule has 0 aliphatic heterocycles. The molecule has 0 aliphatic carbocycles. The molecule has 2 aromatic rings. The summed E-state index contributed by atoms with van der Waals surface area (Å²) in [7, 11) is 1.62. The lowest BCUT2D eigenvalue weighted by Crippen LogP contribution is -2.06. The Morgan fingerprint density at radius 3 is 1.89 bits per heavy atom. The second-order valence-corrected chi connectivity index (χ2v) is 4.41. The molecule has 1 N–H and O–H groups in total. The minimum atomic E-state index is 0.149. The van der Waals surface area contributed by atoms with Crippen LogP contribution in [0.5, 0.6) is 11.5 Å². The van der Waals surface area contributed by atoms with Crippen LogP contribution in [-0.2, 0) is 17.6 Å². The first-order valence-corrected chi connectivity index (χ1v) is 6.10. The first-order valence-electron chi connectivity index (χ1n) is 6.10. The molecular weight excluding hydrogens is 240 g/mol. The number of phenolic OH excluding ortho intramolecular Hbond substituents is 1. The predicted molar refractivity (Wildman–Crippen MR) is 73.5 cm³/mol. The molecule has 0 aromatic heterocycles. The number of aromatic hydroxyl groups is 1. The Bertz CT molecular complexity index is 541. The maximum absolute atomic E-state index is 11.9. The summed E-state index contributed by atoms with van der Waals surface area (Å²) < 4.78 is 5.07. The van der Waals surface area contributed by atoms with Crippen molar-refractivity contribution >= 4 is 5.78 Å². The predicted octanol–water partition coefficient (Wildman–Crippen LogP) is 2.76. The zero-order chi connectivity index (χ0) is 13.7. The molecule has 0 amide bonds. The van der Waals surface area contributed by atoms with Gasteiger partial charge in [-0.3, -0.25) is 4.79 Å². The Morgan fingerprint density at radius 2 is 1.42 bits per heavy atom. The van der Waals surface area contributed by atoms with Gasteiger partial charge in [-0.1, -0.05) is 24.3 Å². The Balaban J connectivity index is 1.95. The van der Waals surface area contributed by atoms with Gasteiger partial charge in [-0.25, -0.2) is 0 Å². The average molecular weight is 256 g/mol. The fraction of sp³-hybridized carbons (Fsp3) is 0.188. The number of carbonyl (C=O) groups is 1. The van der Waals surface area contributed by atoms with E-state index in [-0.39, 0.29) is 11.5 Å². The van der Waals surface area contributed by atoms with E-state index in [1.807, 2.05) is 24.3 Å². The number of ketones is 1. The molecule has 0 saturated carbocycles. The lowest BCUT2D eigenvalue weighted by atomic mass is 10.0. The molecule has 0 saturated heterocycles. The van der Waals surface area contributed by atoms with E-state index >= 15 is 0 Å². The quantitative estimate of drug-likeness (QED) is 0.894. The minimum absolute atomic E-state index is 0.149. The van der Waals surface area contributed by atoms with E-state index < -0.39 is 0 Å². The monoisotopic (exact) mass is 256 g/mol. The summed E-state index contributed by atoms with van der Waals surface area (Å²) in [6, 6.07) is 14.2. The Hall–Kier alpha value is -2.29. The third-order valence-electron chi connectivity index (χ3n) is 2.90. The third-order valence-corrected chi connectivity index (χ3v) is 2.90. The van der Waals surface area contributed by atoms with Gasteiger partial charge in [-0.15, -0.1) is 0 Å². The SMILES string of the molecule is COc1ccc(CC(=O)Cc2ccc(O)cc2)cc1. The molecule has 0 atom stereocenters. The summed E-state index contributed by atoms with van der Waals surface area (Å²) >= 11 is 0. The molecule has 3 nitrogen and oxygen atoms in total. The van der Waals surface area contributed by atoms with Gasteiger partial charge in [0.1, 0.15) is 17.3 Å². The van der Waals surface area contributed by atoms with Crippen LogP contribution in [0.25, 0.3) is 0 Å². The summed E-state index contributed by atoms with van der Waals surface area (Å²) in [6.45, 7) is 0. The molecule has 2 aromatic carbocycles. The number of phenols is 1. The third kappa shape index (κ3) is 3.85. The van der Waals surface area contributed by atoms with Gasteiger partial charge in [0, 0.05) is 12.8 Å². The maximum Gasteiger partial charge on any atom is 0.141 e. The molecule has 0 aliphatic rings. The van der Waals surface area contributed by atoms with E-state index in [0.29, 0.717) is 12.8 Å². The van der Waals surface area contributed by atoms with Gasteiger partial charge in [0.05, 0.1) is 7.11 Å².